The summed E-state index contributed by atoms with van der Waals surface area (Å²) in [6, 6.07) is 2.93. The van der Waals surface area contributed by atoms with Crippen LogP contribution in [0.3, 0.4) is 0 Å². The summed E-state index contributed by atoms with van der Waals surface area (Å²) < 4.78 is 31.7. The summed E-state index contributed by atoms with van der Waals surface area (Å²) in [6.07, 6.45) is 0. The fourth-order valence-corrected chi connectivity index (χ4v) is 1.49. The molecule has 1 aromatic carbocycles. The van der Waals surface area contributed by atoms with E-state index >= 15 is 0 Å². The van der Waals surface area contributed by atoms with E-state index in [0.717, 1.165) is 12.1 Å². The highest BCUT2D eigenvalue weighted by atomic mass is 19.1. The number of nitrogens with zero attached hydrogens (tertiary/aromatic N) is 4. The first kappa shape index (κ1) is 14.9. The summed E-state index contributed by atoms with van der Waals surface area (Å²) in [7, 11) is 3.51. The fourth-order valence-electron chi connectivity index (χ4n) is 1.49. The molecule has 0 saturated heterocycles. The molecule has 1 heterocycles. The lowest BCUT2D eigenvalue weighted by molar-refractivity contribution is 0.407. The molecule has 2 rings (SSSR count). The van der Waals surface area contributed by atoms with Gasteiger partial charge in [-0.3, -0.25) is 0 Å². The highest BCUT2D eigenvalue weighted by Gasteiger charge is 2.12. The van der Waals surface area contributed by atoms with E-state index in [4.69, 9.17) is 4.74 Å². The van der Waals surface area contributed by atoms with Crippen molar-refractivity contribution in [3.63, 3.8) is 0 Å². The van der Waals surface area contributed by atoms with Crippen LogP contribution in [0.1, 0.15) is 6.92 Å². The number of hydrogen-bond donors (Lipinski definition) is 1. The predicted octanol–water partition coefficient (Wildman–Crippen LogP) is 2.44. The Morgan fingerprint density at radius 3 is 2.57 bits per heavy atom. The van der Waals surface area contributed by atoms with E-state index in [1.165, 1.54) is 6.07 Å². The Hall–Kier alpha value is -2.51. The molecule has 21 heavy (non-hydrogen) atoms. The summed E-state index contributed by atoms with van der Waals surface area (Å²) in [5.41, 5.74) is 0. The average molecular weight is 295 g/mol. The van der Waals surface area contributed by atoms with Crippen LogP contribution in [-0.2, 0) is 0 Å². The molecule has 0 unspecified atom stereocenters. The minimum absolute atomic E-state index is 0.0739. The number of hydrogen-bond acceptors (Lipinski definition) is 6. The Morgan fingerprint density at radius 2 is 1.95 bits per heavy atom. The van der Waals surface area contributed by atoms with Crippen molar-refractivity contribution < 1.29 is 13.5 Å². The lowest BCUT2D eigenvalue weighted by atomic mass is 10.3. The van der Waals surface area contributed by atoms with Gasteiger partial charge < -0.3 is 15.0 Å². The second-order valence-electron chi connectivity index (χ2n) is 4.34. The maximum absolute atomic E-state index is 13.6. The van der Waals surface area contributed by atoms with Gasteiger partial charge in [0.15, 0.2) is 11.6 Å². The van der Waals surface area contributed by atoms with Crippen LogP contribution in [0.5, 0.6) is 11.8 Å². The van der Waals surface area contributed by atoms with Crippen LogP contribution in [-0.4, -0.2) is 35.6 Å². The normalized spacial score (nSPS) is 10.3. The number of ether oxygens (including phenoxy) is 1. The second-order valence-corrected chi connectivity index (χ2v) is 4.34. The minimum Gasteiger partial charge on any atom is -0.421 e. The third-order valence-corrected chi connectivity index (χ3v) is 2.43. The van der Waals surface area contributed by atoms with E-state index in [0.29, 0.717) is 18.4 Å². The van der Waals surface area contributed by atoms with E-state index in [2.05, 4.69) is 20.3 Å². The van der Waals surface area contributed by atoms with Crippen LogP contribution in [0.25, 0.3) is 0 Å². The van der Waals surface area contributed by atoms with E-state index in [-0.39, 0.29) is 11.8 Å². The quantitative estimate of drug-likeness (QED) is 0.914. The van der Waals surface area contributed by atoms with Crippen molar-refractivity contribution in [1.82, 2.24) is 15.0 Å². The van der Waals surface area contributed by atoms with Gasteiger partial charge in [0.2, 0.25) is 11.9 Å². The van der Waals surface area contributed by atoms with Gasteiger partial charge in [0.25, 0.3) is 0 Å². The summed E-state index contributed by atoms with van der Waals surface area (Å²) in [6.45, 7) is 2.50. The molecule has 2 aromatic rings. The third kappa shape index (κ3) is 3.74. The van der Waals surface area contributed by atoms with E-state index in [1.54, 1.807) is 19.0 Å². The topological polar surface area (TPSA) is 63.2 Å². The maximum Gasteiger partial charge on any atom is 0.328 e. The molecule has 112 valence electrons. The zero-order valence-corrected chi connectivity index (χ0v) is 11.9. The SMILES string of the molecule is CCNc1nc(Oc2ccc(F)cc2F)nc(N(C)C)n1. The van der Waals surface area contributed by atoms with Crippen LogP contribution in [0, 0.1) is 11.6 Å². The average Bonchev–Trinajstić information content (AvgIpc) is 2.42. The van der Waals surface area contributed by atoms with Crippen LogP contribution >= 0.6 is 0 Å². The molecule has 0 atom stereocenters. The summed E-state index contributed by atoms with van der Waals surface area (Å²) in [5.74, 6) is -0.994. The van der Waals surface area contributed by atoms with E-state index in [9.17, 15) is 8.78 Å². The Balaban J connectivity index is 2.33. The monoisotopic (exact) mass is 295 g/mol. The lowest BCUT2D eigenvalue weighted by Gasteiger charge is -2.13. The lowest BCUT2D eigenvalue weighted by Crippen LogP contribution is -2.15. The van der Waals surface area contributed by atoms with Gasteiger partial charge in [-0.05, 0) is 19.1 Å². The number of benzene rings is 1. The van der Waals surface area contributed by atoms with Crippen molar-refractivity contribution in [2.75, 3.05) is 30.9 Å². The highest BCUT2D eigenvalue weighted by Crippen LogP contribution is 2.24. The zero-order chi connectivity index (χ0) is 15.4. The van der Waals surface area contributed by atoms with Crippen LogP contribution in [0.15, 0.2) is 18.2 Å². The number of nitrogens with one attached hydrogen (secondary N) is 1. The fraction of sp³-hybridized carbons (Fsp3) is 0.308. The van der Waals surface area contributed by atoms with Gasteiger partial charge >= 0.3 is 6.01 Å². The molecule has 0 amide bonds. The zero-order valence-electron chi connectivity index (χ0n) is 11.9. The minimum atomic E-state index is -0.827. The molecule has 0 radical (unpaired) electrons. The molecule has 6 nitrogen and oxygen atoms in total. The van der Waals surface area contributed by atoms with Gasteiger partial charge in [-0.15, -0.1) is 0 Å². The van der Waals surface area contributed by atoms with Crippen LogP contribution < -0.4 is 15.0 Å². The molecule has 8 heteroatoms. The van der Waals surface area contributed by atoms with Crippen LogP contribution in [0.2, 0.25) is 0 Å². The van der Waals surface area contributed by atoms with Crippen molar-refractivity contribution >= 4 is 11.9 Å². The summed E-state index contributed by atoms with van der Waals surface area (Å²) in [4.78, 5) is 13.9. The Morgan fingerprint density at radius 1 is 1.19 bits per heavy atom. The van der Waals surface area contributed by atoms with Gasteiger partial charge in [0.05, 0.1) is 0 Å². The van der Waals surface area contributed by atoms with Gasteiger partial charge in [-0.25, -0.2) is 8.78 Å². The molecule has 0 aliphatic heterocycles. The number of anilines is 2. The molecule has 0 aliphatic rings. The van der Waals surface area contributed by atoms with Gasteiger partial charge in [0.1, 0.15) is 5.82 Å². The molecule has 0 bridgehead atoms. The predicted molar refractivity (Wildman–Crippen MR) is 74.7 cm³/mol. The van der Waals surface area contributed by atoms with E-state index < -0.39 is 11.6 Å². The van der Waals surface area contributed by atoms with Crippen molar-refractivity contribution in [2.45, 2.75) is 6.92 Å². The largest absolute Gasteiger partial charge is 0.421 e. The molecule has 0 saturated carbocycles. The van der Waals surface area contributed by atoms with Gasteiger partial charge in [0, 0.05) is 26.7 Å². The maximum atomic E-state index is 13.6. The van der Waals surface area contributed by atoms with Gasteiger partial charge in [-0.2, -0.15) is 15.0 Å². The molecule has 0 fully saturated rings. The Labute approximate surface area is 120 Å². The summed E-state index contributed by atoms with van der Waals surface area (Å²) in [5, 5.41) is 2.93. The van der Waals surface area contributed by atoms with Crippen LogP contribution in [0.4, 0.5) is 20.7 Å². The molecule has 0 spiro atoms. The smallest absolute Gasteiger partial charge is 0.328 e. The Kier molecular flexibility index (Phi) is 4.46. The van der Waals surface area contributed by atoms with Crippen molar-refractivity contribution in [1.29, 1.82) is 0 Å². The van der Waals surface area contributed by atoms with Gasteiger partial charge in [-0.1, -0.05) is 0 Å². The first-order chi connectivity index (χ1) is 9.99. The summed E-state index contributed by atoms with van der Waals surface area (Å²) >= 11 is 0. The van der Waals surface area contributed by atoms with E-state index in [1.807, 2.05) is 6.92 Å². The van der Waals surface area contributed by atoms with Crippen molar-refractivity contribution in [3.05, 3.63) is 29.8 Å². The second kappa shape index (κ2) is 6.29. The molecule has 0 aliphatic carbocycles. The molecule has 1 aromatic heterocycles. The third-order valence-electron chi connectivity index (χ3n) is 2.43. The van der Waals surface area contributed by atoms with Crippen molar-refractivity contribution in [3.8, 4) is 11.8 Å². The standard InChI is InChI=1S/C13H15F2N5O/c1-4-16-11-17-12(20(2)3)19-13(18-11)21-10-6-5-8(14)7-9(10)15/h5-7H,4H2,1-3H3,(H,16,17,18,19). The molecule has 1 N–H and O–H groups in total. The number of halogens is 2. The Bertz CT molecular complexity index is 636. The number of rotatable bonds is 5. The van der Waals surface area contributed by atoms with Crippen molar-refractivity contribution in [2.24, 2.45) is 0 Å². The number of aromatic nitrogens is 3. The highest BCUT2D eigenvalue weighted by molar-refractivity contribution is 5.38. The molecular weight excluding hydrogens is 280 g/mol. The molecular formula is C13H15F2N5O. The first-order valence-corrected chi connectivity index (χ1v) is 6.29. The first-order valence-electron chi connectivity index (χ1n) is 6.29.